The Kier molecular flexibility index (Phi) is 5.19. The second-order valence-electron chi connectivity index (χ2n) is 4.14. The maximum absolute atomic E-state index is 6.30. The number of hydrogen-bond donors (Lipinski definition) is 0. The third kappa shape index (κ3) is 3.22. The molecule has 0 amide bonds. The molecule has 2 aromatic carbocycles. The van der Waals surface area contributed by atoms with E-state index in [0.29, 0.717) is 10.0 Å². The van der Waals surface area contributed by atoms with Gasteiger partial charge in [0.2, 0.25) is 0 Å². The van der Waals surface area contributed by atoms with Gasteiger partial charge < -0.3 is 9.47 Å². The number of hydrogen-bond acceptors (Lipinski definition) is 2. The predicted molar refractivity (Wildman–Crippen MR) is 86.8 cm³/mol. The monoisotopic (exact) mass is 374 g/mol. The van der Waals surface area contributed by atoms with Gasteiger partial charge in [0.15, 0.2) is 0 Å². The Bertz CT molecular complexity index is 617. The van der Waals surface area contributed by atoms with Crippen LogP contribution >= 0.6 is 39.1 Å². The smallest absolute Gasteiger partial charge is 0.123 e. The van der Waals surface area contributed by atoms with Crippen molar-refractivity contribution in [1.29, 1.82) is 0 Å². The fraction of sp³-hybridized carbons (Fsp3) is 0.200. The van der Waals surface area contributed by atoms with Gasteiger partial charge in [0.1, 0.15) is 11.5 Å². The Labute approximate surface area is 136 Å². The first-order chi connectivity index (χ1) is 9.56. The molecular formula is C15H13BrCl2O2. The predicted octanol–water partition coefficient (Wildman–Crippen LogP) is 5.49. The molecule has 0 aliphatic rings. The van der Waals surface area contributed by atoms with Crippen molar-refractivity contribution < 1.29 is 9.47 Å². The van der Waals surface area contributed by atoms with Crippen LogP contribution in [0.2, 0.25) is 10.0 Å². The zero-order chi connectivity index (χ0) is 14.7. The molecule has 0 spiro atoms. The summed E-state index contributed by atoms with van der Waals surface area (Å²) in [5.74, 6) is 1.47. The molecule has 0 aliphatic carbocycles. The van der Waals surface area contributed by atoms with Gasteiger partial charge >= 0.3 is 0 Å². The van der Waals surface area contributed by atoms with Crippen LogP contribution in [0.25, 0.3) is 0 Å². The third-order valence-electron chi connectivity index (χ3n) is 2.95. The van der Waals surface area contributed by atoms with Gasteiger partial charge in [-0.2, -0.15) is 0 Å². The largest absolute Gasteiger partial charge is 0.497 e. The number of halogens is 3. The van der Waals surface area contributed by atoms with Crippen LogP contribution in [0.3, 0.4) is 0 Å². The molecule has 0 radical (unpaired) electrons. The van der Waals surface area contributed by atoms with E-state index in [1.54, 1.807) is 26.4 Å². The van der Waals surface area contributed by atoms with Gasteiger partial charge in [0, 0.05) is 15.6 Å². The van der Waals surface area contributed by atoms with Crippen molar-refractivity contribution in [3.05, 3.63) is 57.6 Å². The highest BCUT2D eigenvalue weighted by molar-refractivity contribution is 9.09. The van der Waals surface area contributed by atoms with Crippen molar-refractivity contribution in [2.24, 2.45) is 0 Å². The van der Waals surface area contributed by atoms with Crippen molar-refractivity contribution in [2.75, 3.05) is 14.2 Å². The minimum absolute atomic E-state index is 0.116. The summed E-state index contributed by atoms with van der Waals surface area (Å²) in [6, 6.07) is 11.1. The highest BCUT2D eigenvalue weighted by Gasteiger charge is 2.18. The molecule has 0 fully saturated rings. The molecule has 0 N–H and O–H groups in total. The minimum atomic E-state index is -0.116. The van der Waals surface area contributed by atoms with Crippen molar-refractivity contribution in [2.45, 2.75) is 4.83 Å². The fourth-order valence-electron chi connectivity index (χ4n) is 1.91. The highest BCUT2D eigenvalue weighted by atomic mass is 79.9. The summed E-state index contributed by atoms with van der Waals surface area (Å²) in [5, 5.41) is 1.27. The summed E-state index contributed by atoms with van der Waals surface area (Å²) < 4.78 is 10.5. The van der Waals surface area contributed by atoms with Crippen LogP contribution in [-0.2, 0) is 0 Å². The number of alkyl halides is 1. The first kappa shape index (κ1) is 15.5. The molecule has 0 saturated carbocycles. The topological polar surface area (TPSA) is 18.5 Å². The summed E-state index contributed by atoms with van der Waals surface area (Å²) in [4.78, 5) is -0.116. The lowest BCUT2D eigenvalue weighted by Crippen LogP contribution is -1.98. The number of rotatable bonds is 4. The van der Waals surface area contributed by atoms with E-state index in [4.69, 9.17) is 32.7 Å². The lowest BCUT2D eigenvalue weighted by molar-refractivity contribution is 0.410. The maximum atomic E-state index is 6.30. The molecule has 2 rings (SSSR count). The van der Waals surface area contributed by atoms with E-state index in [9.17, 15) is 0 Å². The fourth-order valence-corrected chi connectivity index (χ4v) is 3.26. The van der Waals surface area contributed by atoms with Gasteiger partial charge in [-0.1, -0.05) is 45.2 Å². The Hall–Kier alpha value is -0.900. The zero-order valence-electron chi connectivity index (χ0n) is 11.0. The molecule has 1 atom stereocenters. The van der Waals surface area contributed by atoms with Gasteiger partial charge in [-0.3, -0.25) is 0 Å². The van der Waals surface area contributed by atoms with E-state index >= 15 is 0 Å². The second kappa shape index (κ2) is 6.70. The minimum Gasteiger partial charge on any atom is -0.497 e. The summed E-state index contributed by atoms with van der Waals surface area (Å²) in [7, 11) is 3.24. The molecule has 0 bridgehead atoms. The average Bonchev–Trinajstić information content (AvgIpc) is 2.46. The van der Waals surface area contributed by atoms with Crippen LogP contribution in [0.15, 0.2) is 36.4 Å². The van der Waals surface area contributed by atoms with E-state index in [1.807, 2.05) is 24.3 Å². The van der Waals surface area contributed by atoms with Crippen molar-refractivity contribution in [3.8, 4) is 11.5 Å². The van der Waals surface area contributed by atoms with Gasteiger partial charge in [-0.05, 0) is 35.9 Å². The normalized spacial score (nSPS) is 12.1. The Morgan fingerprint density at radius 1 is 0.950 bits per heavy atom. The summed E-state index contributed by atoms with van der Waals surface area (Å²) >= 11 is 16.0. The average molecular weight is 376 g/mol. The molecule has 0 saturated heterocycles. The molecular weight excluding hydrogens is 363 g/mol. The van der Waals surface area contributed by atoms with E-state index in [2.05, 4.69) is 15.9 Å². The summed E-state index contributed by atoms with van der Waals surface area (Å²) in [6.45, 7) is 0. The van der Waals surface area contributed by atoms with Gasteiger partial charge in [-0.25, -0.2) is 0 Å². The molecule has 1 unspecified atom stereocenters. The molecule has 0 aromatic heterocycles. The first-order valence-corrected chi connectivity index (χ1v) is 7.55. The van der Waals surface area contributed by atoms with Crippen molar-refractivity contribution >= 4 is 39.1 Å². The lowest BCUT2D eigenvalue weighted by atomic mass is 10.0. The van der Waals surface area contributed by atoms with Crippen LogP contribution < -0.4 is 9.47 Å². The zero-order valence-corrected chi connectivity index (χ0v) is 14.1. The third-order valence-corrected chi connectivity index (χ3v) is 4.49. The number of benzene rings is 2. The van der Waals surface area contributed by atoms with Crippen molar-refractivity contribution in [1.82, 2.24) is 0 Å². The Morgan fingerprint density at radius 3 is 2.30 bits per heavy atom. The van der Waals surface area contributed by atoms with Crippen LogP contribution in [0.5, 0.6) is 11.5 Å². The van der Waals surface area contributed by atoms with E-state index in [0.717, 1.165) is 22.6 Å². The van der Waals surface area contributed by atoms with Gasteiger partial charge in [-0.15, -0.1) is 0 Å². The van der Waals surface area contributed by atoms with E-state index in [-0.39, 0.29) is 4.83 Å². The molecule has 0 heterocycles. The molecule has 0 aliphatic heterocycles. The Morgan fingerprint density at radius 2 is 1.70 bits per heavy atom. The summed E-state index contributed by atoms with van der Waals surface area (Å²) in [5.41, 5.74) is 1.85. The molecule has 5 heteroatoms. The van der Waals surface area contributed by atoms with Crippen LogP contribution in [-0.4, -0.2) is 14.2 Å². The maximum Gasteiger partial charge on any atom is 0.123 e. The van der Waals surface area contributed by atoms with Gasteiger partial charge in [0.05, 0.1) is 19.0 Å². The SMILES string of the molecule is COc1ccc(C(Br)c2cc(Cl)ccc2OC)c(Cl)c1. The van der Waals surface area contributed by atoms with Crippen LogP contribution in [0.1, 0.15) is 16.0 Å². The number of ether oxygens (including phenoxy) is 2. The lowest BCUT2D eigenvalue weighted by Gasteiger charge is -2.16. The van der Waals surface area contributed by atoms with Crippen LogP contribution in [0.4, 0.5) is 0 Å². The molecule has 20 heavy (non-hydrogen) atoms. The van der Waals surface area contributed by atoms with Gasteiger partial charge in [0.25, 0.3) is 0 Å². The Balaban J connectivity index is 2.45. The van der Waals surface area contributed by atoms with E-state index in [1.165, 1.54) is 0 Å². The number of methoxy groups -OCH3 is 2. The quantitative estimate of drug-likeness (QED) is 0.657. The van der Waals surface area contributed by atoms with Crippen LogP contribution in [0, 0.1) is 0 Å². The van der Waals surface area contributed by atoms with E-state index < -0.39 is 0 Å². The summed E-state index contributed by atoms with van der Waals surface area (Å²) in [6.07, 6.45) is 0. The highest BCUT2D eigenvalue weighted by Crippen LogP contribution is 2.41. The molecule has 2 nitrogen and oxygen atoms in total. The second-order valence-corrected chi connectivity index (χ2v) is 5.90. The standard InChI is InChI=1S/C15H13BrCl2O2/c1-19-10-4-5-11(13(18)8-10)15(16)12-7-9(17)3-6-14(12)20-2/h3-8,15H,1-2H3. The molecule has 2 aromatic rings. The van der Waals surface area contributed by atoms with Crippen molar-refractivity contribution in [3.63, 3.8) is 0 Å². The first-order valence-electron chi connectivity index (χ1n) is 5.87. The molecule has 106 valence electrons.